The van der Waals surface area contributed by atoms with Crippen LogP contribution in [0.5, 0.6) is 0 Å². The molecule has 2 aromatic carbocycles. The summed E-state index contributed by atoms with van der Waals surface area (Å²) in [5.74, 6) is 0.124. The SMILES string of the molecule is N#Cc1ccc(CN2CCCN(CC(=O)NCCCc3ccccc3)CC2)cc1. The van der Waals surface area contributed by atoms with E-state index in [-0.39, 0.29) is 5.91 Å². The van der Waals surface area contributed by atoms with Crippen molar-refractivity contribution in [1.82, 2.24) is 15.1 Å². The molecule has 2 aromatic rings. The van der Waals surface area contributed by atoms with E-state index in [0.717, 1.165) is 58.5 Å². The van der Waals surface area contributed by atoms with Crippen molar-refractivity contribution >= 4 is 5.91 Å². The molecule has 1 N–H and O–H groups in total. The summed E-state index contributed by atoms with van der Waals surface area (Å²) in [7, 11) is 0. The maximum absolute atomic E-state index is 12.3. The summed E-state index contributed by atoms with van der Waals surface area (Å²) in [6.45, 7) is 5.97. The van der Waals surface area contributed by atoms with Gasteiger partial charge in [-0.05, 0) is 55.6 Å². The van der Waals surface area contributed by atoms with Gasteiger partial charge in [0.1, 0.15) is 0 Å². The zero-order chi connectivity index (χ0) is 20.3. The average molecular weight is 391 g/mol. The number of carbonyl (C=O) groups excluding carboxylic acids is 1. The molecule has 0 radical (unpaired) electrons. The second kappa shape index (κ2) is 11.4. The van der Waals surface area contributed by atoms with Crippen LogP contribution in [0.4, 0.5) is 0 Å². The fourth-order valence-corrected chi connectivity index (χ4v) is 3.71. The molecule has 1 aliphatic heterocycles. The topological polar surface area (TPSA) is 59.4 Å². The molecule has 0 aliphatic carbocycles. The van der Waals surface area contributed by atoms with Gasteiger partial charge in [0.2, 0.25) is 5.91 Å². The molecule has 1 aliphatic rings. The number of nitrogens with zero attached hydrogens (tertiary/aromatic N) is 3. The van der Waals surface area contributed by atoms with E-state index >= 15 is 0 Å². The number of amides is 1. The fraction of sp³-hybridized carbons (Fsp3) is 0.417. The molecule has 0 saturated carbocycles. The van der Waals surface area contributed by atoms with Gasteiger partial charge in [-0.25, -0.2) is 0 Å². The Morgan fingerprint density at radius 2 is 1.66 bits per heavy atom. The maximum atomic E-state index is 12.3. The van der Waals surface area contributed by atoms with Crippen molar-refractivity contribution in [2.45, 2.75) is 25.8 Å². The van der Waals surface area contributed by atoms with Crippen LogP contribution in [0.15, 0.2) is 54.6 Å². The zero-order valence-corrected chi connectivity index (χ0v) is 17.0. The highest BCUT2D eigenvalue weighted by molar-refractivity contribution is 5.77. The van der Waals surface area contributed by atoms with Crippen LogP contribution in [0.3, 0.4) is 0 Å². The van der Waals surface area contributed by atoms with Crippen molar-refractivity contribution < 1.29 is 4.79 Å². The standard InChI is InChI=1S/C24H30N4O/c25-18-22-9-11-23(12-10-22)19-27-14-5-15-28(17-16-27)20-24(29)26-13-4-8-21-6-2-1-3-7-21/h1-3,6-7,9-12H,4-5,8,13-17,19-20H2,(H,26,29). The largest absolute Gasteiger partial charge is 0.355 e. The molecule has 0 atom stereocenters. The molecule has 152 valence electrons. The lowest BCUT2D eigenvalue weighted by atomic mass is 10.1. The van der Waals surface area contributed by atoms with Gasteiger partial charge in [-0.2, -0.15) is 5.26 Å². The Morgan fingerprint density at radius 3 is 2.41 bits per heavy atom. The normalized spacial score (nSPS) is 15.4. The first-order valence-electron chi connectivity index (χ1n) is 10.5. The van der Waals surface area contributed by atoms with Gasteiger partial charge in [0.05, 0.1) is 18.2 Å². The lowest BCUT2D eigenvalue weighted by molar-refractivity contribution is -0.122. The van der Waals surface area contributed by atoms with Gasteiger partial charge >= 0.3 is 0 Å². The summed E-state index contributed by atoms with van der Waals surface area (Å²) < 4.78 is 0. The molecule has 5 heteroatoms. The van der Waals surface area contributed by atoms with Crippen LogP contribution in [0.2, 0.25) is 0 Å². The smallest absolute Gasteiger partial charge is 0.234 e. The molecule has 0 unspecified atom stereocenters. The van der Waals surface area contributed by atoms with Crippen LogP contribution in [-0.4, -0.2) is 55.0 Å². The van der Waals surface area contributed by atoms with E-state index in [1.165, 1.54) is 11.1 Å². The second-order valence-corrected chi connectivity index (χ2v) is 7.65. The Morgan fingerprint density at radius 1 is 0.931 bits per heavy atom. The van der Waals surface area contributed by atoms with Crippen LogP contribution in [0, 0.1) is 11.3 Å². The van der Waals surface area contributed by atoms with Crippen molar-refractivity contribution in [3.63, 3.8) is 0 Å². The molecule has 0 aromatic heterocycles. The Bertz CT molecular complexity index is 798. The Hall–Kier alpha value is -2.68. The number of carbonyl (C=O) groups is 1. The number of aryl methyl sites for hydroxylation is 1. The zero-order valence-electron chi connectivity index (χ0n) is 17.0. The van der Waals surface area contributed by atoms with Crippen LogP contribution in [0.1, 0.15) is 29.5 Å². The summed E-state index contributed by atoms with van der Waals surface area (Å²) in [5.41, 5.74) is 3.25. The molecular weight excluding hydrogens is 360 g/mol. The van der Waals surface area contributed by atoms with Crippen molar-refractivity contribution in [2.24, 2.45) is 0 Å². The van der Waals surface area contributed by atoms with Crippen molar-refractivity contribution in [3.05, 3.63) is 71.3 Å². The van der Waals surface area contributed by atoms with E-state index in [4.69, 9.17) is 5.26 Å². The van der Waals surface area contributed by atoms with Crippen LogP contribution in [-0.2, 0) is 17.8 Å². The molecular formula is C24H30N4O. The first-order valence-corrected chi connectivity index (χ1v) is 10.5. The van der Waals surface area contributed by atoms with Crippen LogP contribution >= 0.6 is 0 Å². The molecule has 3 rings (SSSR count). The minimum atomic E-state index is 0.124. The summed E-state index contributed by atoms with van der Waals surface area (Å²) in [4.78, 5) is 17.0. The number of nitrogens with one attached hydrogen (secondary N) is 1. The molecule has 0 spiro atoms. The number of nitriles is 1. The van der Waals surface area contributed by atoms with Crippen LogP contribution in [0.25, 0.3) is 0 Å². The van der Waals surface area contributed by atoms with Gasteiger partial charge in [0.25, 0.3) is 0 Å². The molecule has 5 nitrogen and oxygen atoms in total. The first-order chi connectivity index (χ1) is 14.2. The first kappa shape index (κ1) is 21.0. The van der Waals surface area contributed by atoms with E-state index in [0.29, 0.717) is 12.1 Å². The van der Waals surface area contributed by atoms with Crippen molar-refractivity contribution in [2.75, 3.05) is 39.3 Å². The van der Waals surface area contributed by atoms with Gasteiger partial charge in [-0.1, -0.05) is 42.5 Å². The van der Waals surface area contributed by atoms with E-state index in [1.54, 1.807) is 0 Å². The summed E-state index contributed by atoms with van der Waals surface area (Å²) in [5, 5.41) is 12.0. The number of rotatable bonds is 8. The highest BCUT2D eigenvalue weighted by Crippen LogP contribution is 2.10. The quantitative estimate of drug-likeness (QED) is 0.704. The minimum Gasteiger partial charge on any atom is -0.355 e. The fourth-order valence-electron chi connectivity index (χ4n) is 3.71. The van der Waals surface area contributed by atoms with Crippen LogP contribution < -0.4 is 5.32 Å². The molecule has 29 heavy (non-hydrogen) atoms. The lowest BCUT2D eigenvalue weighted by Crippen LogP contribution is -2.39. The predicted molar refractivity (Wildman–Crippen MR) is 115 cm³/mol. The molecule has 1 heterocycles. The average Bonchev–Trinajstić information content (AvgIpc) is 2.97. The van der Waals surface area contributed by atoms with Gasteiger partial charge < -0.3 is 5.32 Å². The second-order valence-electron chi connectivity index (χ2n) is 7.65. The van der Waals surface area contributed by atoms with E-state index < -0.39 is 0 Å². The lowest BCUT2D eigenvalue weighted by Gasteiger charge is -2.21. The Kier molecular flexibility index (Phi) is 8.24. The Labute approximate surface area is 173 Å². The molecule has 1 saturated heterocycles. The van der Waals surface area contributed by atoms with E-state index in [9.17, 15) is 4.79 Å². The van der Waals surface area contributed by atoms with E-state index in [2.05, 4.69) is 45.5 Å². The van der Waals surface area contributed by atoms with Gasteiger partial charge in [-0.3, -0.25) is 14.6 Å². The minimum absolute atomic E-state index is 0.124. The highest BCUT2D eigenvalue weighted by Gasteiger charge is 2.17. The number of hydrogen-bond donors (Lipinski definition) is 1. The number of hydrogen-bond acceptors (Lipinski definition) is 4. The van der Waals surface area contributed by atoms with E-state index in [1.807, 2.05) is 30.3 Å². The molecule has 0 bridgehead atoms. The van der Waals surface area contributed by atoms with Crippen molar-refractivity contribution in [3.8, 4) is 6.07 Å². The third-order valence-corrected chi connectivity index (χ3v) is 5.34. The summed E-state index contributed by atoms with van der Waals surface area (Å²) in [6, 6.07) is 20.4. The third-order valence-electron chi connectivity index (χ3n) is 5.34. The maximum Gasteiger partial charge on any atom is 0.234 e. The predicted octanol–water partition coefficient (Wildman–Crippen LogP) is 2.81. The van der Waals surface area contributed by atoms with Gasteiger partial charge in [-0.15, -0.1) is 0 Å². The van der Waals surface area contributed by atoms with Gasteiger partial charge in [0, 0.05) is 26.2 Å². The highest BCUT2D eigenvalue weighted by atomic mass is 16.2. The van der Waals surface area contributed by atoms with Gasteiger partial charge in [0.15, 0.2) is 0 Å². The number of benzene rings is 2. The summed E-state index contributed by atoms with van der Waals surface area (Å²) in [6.07, 6.45) is 3.03. The Balaban J connectivity index is 1.34. The summed E-state index contributed by atoms with van der Waals surface area (Å²) >= 11 is 0. The third kappa shape index (κ3) is 7.34. The molecule has 1 fully saturated rings. The van der Waals surface area contributed by atoms with Crippen molar-refractivity contribution in [1.29, 1.82) is 5.26 Å². The molecule has 1 amide bonds. The monoisotopic (exact) mass is 390 g/mol.